The Labute approximate surface area is 137 Å². The summed E-state index contributed by atoms with van der Waals surface area (Å²) in [5, 5.41) is 1.99. The van der Waals surface area contributed by atoms with E-state index in [9.17, 15) is 0 Å². The third-order valence-corrected chi connectivity index (χ3v) is 3.98. The first-order chi connectivity index (χ1) is 11.2. The van der Waals surface area contributed by atoms with Crippen molar-refractivity contribution in [1.29, 1.82) is 0 Å². The first-order valence-electron chi connectivity index (χ1n) is 7.80. The quantitative estimate of drug-likeness (QED) is 0.634. The molecule has 3 aromatic carbocycles. The van der Waals surface area contributed by atoms with Gasteiger partial charge in [0.15, 0.2) is 12.3 Å². The van der Waals surface area contributed by atoms with Crippen LogP contribution in [0.3, 0.4) is 0 Å². The summed E-state index contributed by atoms with van der Waals surface area (Å²) in [4.78, 5) is 0. The van der Waals surface area contributed by atoms with Gasteiger partial charge in [0.25, 0.3) is 0 Å². The molecule has 0 aromatic heterocycles. The molecular weight excluding hydrogens is 282 g/mol. The lowest BCUT2D eigenvalue weighted by Gasteiger charge is -2.17. The number of quaternary nitrogens is 1. The zero-order valence-corrected chi connectivity index (χ0v) is 13.0. The van der Waals surface area contributed by atoms with Crippen LogP contribution in [0.25, 0.3) is 11.1 Å². The number of benzene rings is 3. The van der Waals surface area contributed by atoms with E-state index in [1.54, 1.807) is 0 Å². The highest BCUT2D eigenvalue weighted by Gasteiger charge is 2.16. The van der Waals surface area contributed by atoms with Crippen LogP contribution in [0.15, 0.2) is 84.9 Å². The van der Waals surface area contributed by atoms with E-state index >= 15 is 0 Å². The molecular formula is C20H22N3+. The average molecular weight is 304 g/mol. The Morgan fingerprint density at radius 3 is 1.78 bits per heavy atom. The summed E-state index contributed by atoms with van der Waals surface area (Å²) in [5.74, 6) is 0. The van der Waals surface area contributed by atoms with Gasteiger partial charge in [0, 0.05) is 11.1 Å². The lowest BCUT2D eigenvalue weighted by Crippen LogP contribution is -2.90. The molecule has 0 heterocycles. The van der Waals surface area contributed by atoms with Crippen molar-refractivity contribution >= 4 is 0 Å². The van der Waals surface area contributed by atoms with Crippen molar-refractivity contribution in [1.82, 2.24) is 0 Å². The third-order valence-electron chi connectivity index (χ3n) is 3.98. The summed E-state index contributed by atoms with van der Waals surface area (Å²) in [6.07, 6.45) is -0.375. The van der Waals surface area contributed by atoms with E-state index in [0.717, 1.165) is 11.1 Å². The highest BCUT2D eigenvalue weighted by molar-refractivity contribution is 5.64. The molecule has 0 amide bonds. The lowest BCUT2D eigenvalue weighted by atomic mass is 10.0. The second-order valence-electron chi connectivity index (χ2n) is 5.65. The Balaban J connectivity index is 1.76. The Morgan fingerprint density at radius 2 is 1.09 bits per heavy atom. The molecule has 3 aromatic rings. The topological polar surface area (TPSA) is 68.6 Å². The highest BCUT2D eigenvalue weighted by atomic mass is 15.1. The van der Waals surface area contributed by atoms with E-state index in [0.29, 0.717) is 0 Å². The molecule has 0 radical (unpaired) electrons. The molecule has 0 saturated carbocycles. The SMILES string of the molecule is NC([NH2+][C@@H](N)c1cccc(-c2ccccc2)c1)c1ccccc1. The fourth-order valence-corrected chi connectivity index (χ4v) is 2.68. The minimum atomic E-state index is -0.200. The molecule has 3 heteroatoms. The second-order valence-corrected chi connectivity index (χ2v) is 5.65. The summed E-state index contributed by atoms with van der Waals surface area (Å²) in [6.45, 7) is 0. The van der Waals surface area contributed by atoms with Crippen LogP contribution >= 0.6 is 0 Å². The Kier molecular flexibility index (Phi) is 4.83. The van der Waals surface area contributed by atoms with Gasteiger partial charge in [-0.2, -0.15) is 0 Å². The predicted molar refractivity (Wildman–Crippen MR) is 94.1 cm³/mol. The van der Waals surface area contributed by atoms with Crippen molar-refractivity contribution in [2.24, 2.45) is 11.5 Å². The Morgan fingerprint density at radius 1 is 0.565 bits per heavy atom. The number of hydrogen-bond acceptors (Lipinski definition) is 2. The van der Waals surface area contributed by atoms with Gasteiger partial charge in [-0.15, -0.1) is 0 Å². The van der Waals surface area contributed by atoms with Gasteiger partial charge < -0.3 is 5.32 Å². The van der Waals surface area contributed by atoms with Crippen molar-refractivity contribution in [2.75, 3.05) is 0 Å². The highest BCUT2D eigenvalue weighted by Crippen LogP contribution is 2.21. The summed E-state index contributed by atoms with van der Waals surface area (Å²) in [7, 11) is 0. The Hall–Kier alpha value is -2.46. The standard InChI is InChI=1S/C20H21N3/c21-19(16-10-5-2-6-11-16)23-20(22)18-13-7-12-17(14-18)15-8-3-1-4-9-15/h1-14,19-20,23H,21-22H2/p+1/t19?,20-/m1/s1. The Bertz CT molecular complexity index is 741. The molecule has 0 fully saturated rings. The van der Waals surface area contributed by atoms with E-state index < -0.39 is 0 Å². The van der Waals surface area contributed by atoms with Gasteiger partial charge in [0.05, 0.1) is 0 Å². The minimum Gasteiger partial charge on any atom is -0.309 e. The van der Waals surface area contributed by atoms with Crippen LogP contribution in [-0.2, 0) is 0 Å². The monoisotopic (exact) mass is 304 g/mol. The lowest BCUT2D eigenvalue weighted by molar-refractivity contribution is -0.733. The van der Waals surface area contributed by atoms with Gasteiger partial charge in [-0.3, -0.25) is 11.5 Å². The molecule has 0 spiro atoms. The van der Waals surface area contributed by atoms with Gasteiger partial charge in [-0.05, 0) is 17.2 Å². The smallest absolute Gasteiger partial charge is 0.165 e. The largest absolute Gasteiger partial charge is 0.309 e. The summed E-state index contributed by atoms with van der Waals surface area (Å²) < 4.78 is 0. The van der Waals surface area contributed by atoms with E-state index in [-0.39, 0.29) is 12.3 Å². The van der Waals surface area contributed by atoms with Crippen molar-refractivity contribution in [3.63, 3.8) is 0 Å². The zero-order chi connectivity index (χ0) is 16.1. The first-order valence-corrected chi connectivity index (χ1v) is 7.80. The molecule has 3 nitrogen and oxygen atoms in total. The molecule has 0 aliphatic rings. The van der Waals surface area contributed by atoms with Crippen LogP contribution in [0.5, 0.6) is 0 Å². The van der Waals surface area contributed by atoms with Crippen LogP contribution < -0.4 is 16.8 Å². The van der Waals surface area contributed by atoms with Crippen molar-refractivity contribution in [3.05, 3.63) is 96.1 Å². The molecule has 6 N–H and O–H groups in total. The molecule has 0 bridgehead atoms. The van der Waals surface area contributed by atoms with E-state index in [2.05, 4.69) is 24.3 Å². The fraction of sp³-hybridized carbons (Fsp3) is 0.100. The van der Waals surface area contributed by atoms with Gasteiger partial charge in [0.1, 0.15) is 0 Å². The number of rotatable bonds is 5. The van der Waals surface area contributed by atoms with Crippen LogP contribution in [-0.4, -0.2) is 0 Å². The zero-order valence-electron chi connectivity index (χ0n) is 13.0. The van der Waals surface area contributed by atoms with Crippen molar-refractivity contribution in [2.45, 2.75) is 12.3 Å². The van der Waals surface area contributed by atoms with Gasteiger partial charge >= 0.3 is 0 Å². The maximum atomic E-state index is 6.34. The summed E-state index contributed by atoms with van der Waals surface area (Å²) in [5.41, 5.74) is 17.1. The van der Waals surface area contributed by atoms with E-state index in [4.69, 9.17) is 11.5 Å². The van der Waals surface area contributed by atoms with E-state index in [1.807, 2.05) is 66.0 Å². The van der Waals surface area contributed by atoms with Crippen LogP contribution in [0.1, 0.15) is 23.5 Å². The molecule has 23 heavy (non-hydrogen) atoms. The van der Waals surface area contributed by atoms with Gasteiger partial charge in [0.2, 0.25) is 0 Å². The first kappa shape index (κ1) is 15.4. The summed E-state index contributed by atoms with van der Waals surface area (Å²) >= 11 is 0. The van der Waals surface area contributed by atoms with Gasteiger partial charge in [-0.1, -0.05) is 78.9 Å². The van der Waals surface area contributed by atoms with Gasteiger partial charge in [-0.25, -0.2) is 0 Å². The molecule has 116 valence electrons. The van der Waals surface area contributed by atoms with Crippen LogP contribution in [0.2, 0.25) is 0 Å². The molecule has 2 atom stereocenters. The van der Waals surface area contributed by atoms with Crippen molar-refractivity contribution in [3.8, 4) is 11.1 Å². The minimum absolute atomic E-state index is 0.174. The average Bonchev–Trinajstić information content (AvgIpc) is 2.63. The maximum absolute atomic E-state index is 6.34. The van der Waals surface area contributed by atoms with Crippen LogP contribution in [0.4, 0.5) is 0 Å². The fourth-order valence-electron chi connectivity index (χ4n) is 2.68. The van der Waals surface area contributed by atoms with Crippen LogP contribution in [0, 0.1) is 0 Å². The molecule has 0 aliphatic carbocycles. The molecule has 0 saturated heterocycles. The molecule has 0 aliphatic heterocycles. The third kappa shape index (κ3) is 3.85. The van der Waals surface area contributed by atoms with Crippen molar-refractivity contribution < 1.29 is 5.32 Å². The molecule has 3 rings (SSSR count). The predicted octanol–water partition coefficient (Wildman–Crippen LogP) is 2.53. The maximum Gasteiger partial charge on any atom is 0.165 e. The molecule has 1 unspecified atom stereocenters. The second kappa shape index (κ2) is 7.20. The summed E-state index contributed by atoms with van der Waals surface area (Å²) in [6, 6.07) is 28.6. The van der Waals surface area contributed by atoms with E-state index in [1.165, 1.54) is 11.1 Å². The number of nitrogens with two attached hydrogens (primary N) is 3. The number of hydrogen-bond donors (Lipinski definition) is 3. The normalized spacial score (nSPS) is 13.5.